The van der Waals surface area contributed by atoms with Crippen molar-refractivity contribution >= 4 is 17.5 Å². The molecule has 0 spiro atoms. The number of carbonyl (C=O) groups is 2. The lowest BCUT2D eigenvalue weighted by molar-refractivity contribution is 0.101. The quantitative estimate of drug-likeness (QED) is 0.805. The van der Waals surface area contributed by atoms with Crippen molar-refractivity contribution in [1.29, 1.82) is 0 Å². The second kappa shape index (κ2) is 4.48. The Morgan fingerprint density at radius 1 is 1.44 bits per heavy atom. The van der Waals surface area contributed by atoms with Gasteiger partial charge in [0.2, 0.25) is 0 Å². The Hall–Kier alpha value is -2.37. The number of hydrogen-bond acceptors (Lipinski definition) is 3. The van der Waals surface area contributed by atoms with E-state index in [4.69, 9.17) is 0 Å². The molecule has 0 unspecified atom stereocenters. The summed E-state index contributed by atoms with van der Waals surface area (Å²) >= 11 is 0. The fourth-order valence-corrected chi connectivity index (χ4v) is 1.63. The van der Waals surface area contributed by atoms with Crippen LogP contribution in [-0.2, 0) is 7.05 Å². The van der Waals surface area contributed by atoms with Crippen LogP contribution in [0.25, 0.3) is 0 Å². The zero-order valence-corrected chi connectivity index (χ0v) is 10.4. The van der Waals surface area contributed by atoms with Gasteiger partial charge >= 0.3 is 0 Å². The summed E-state index contributed by atoms with van der Waals surface area (Å²) in [5, 5.41) is 9.23. The van der Waals surface area contributed by atoms with Crippen molar-refractivity contribution in [2.75, 3.05) is 5.32 Å². The molecule has 94 valence electrons. The van der Waals surface area contributed by atoms with Gasteiger partial charge in [-0.3, -0.25) is 14.7 Å². The molecule has 0 saturated heterocycles. The van der Waals surface area contributed by atoms with Crippen molar-refractivity contribution in [3.05, 3.63) is 35.3 Å². The second-order valence-electron chi connectivity index (χ2n) is 4.16. The van der Waals surface area contributed by atoms with Gasteiger partial charge in [-0.05, 0) is 19.9 Å². The number of rotatable bonds is 3. The van der Waals surface area contributed by atoms with E-state index < -0.39 is 0 Å². The lowest BCUT2D eigenvalue weighted by Gasteiger charge is -2.04. The molecule has 0 radical (unpaired) electrons. The van der Waals surface area contributed by atoms with Crippen molar-refractivity contribution in [2.24, 2.45) is 7.05 Å². The molecule has 6 nitrogen and oxygen atoms in total. The molecule has 0 aliphatic rings. The first-order chi connectivity index (χ1) is 8.49. The van der Waals surface area contributed by atoms with Crippen molar-refractivity contribution < 1.29 is 9.59 Å². The largest absolute Gasteiger partial charge is 0.346 e. The predicted molar refractivity (Wildman–Crippen MR) is 66.7 cm³/mol. The van der Waals surface area contributed by atoms with Crippen LogP contribution in [-0.4, -0.2) is 26.5 Å². The van der Waals surface area contributed by atoms with E-state index in [2.05, 4.69) is 15.5 Å². The Balaban J connectivity index is 2.24. The van der Waals surface area contributed by atoms with Crippen LogP contribution < -0.4 is 5.32 Å². The standard InChI is InChI=1S/C12H14N4O2/c1-7-5-13-15-11(7)14-12(18)10-4-9(8(2)17)6-16(10)3/h4-6H,1-3H3,(H2,13,14,15,18). The summed E-state index contributed by atoms with van der Waals surface area (Å²) < 4.78 is 1.62. The van der Waals surface area contributed by atoms with Gasteiger partial charge in [0.1, 0.15) is 11.5 Å². The number of anilines is 1. The molecule has 2 N–H and O–H groups in total. The molecule has 0 aliphatic heterocycles. The topological polar surface area (TPSA) is 79.8 Å². The minimum Gasteiger partial charge on any atom is -0.346 e. The number of nitrogens with one attached hydrogen (secondary N) is 2. The van der Waals surface area contributed by atoms with Crippen LogP contribution in [0.2, 0.25) is 0 Å². The molecule has 0 atom stereocenters. The first-order valence-corrected chi connectivity index (χ1v) is 5.47. The number of ketones is 1. The number of Topliss-reactive ketones (excluding diaryl/α,β-unsaturated/α-hetero) is 1. The van der Waals surface area contributed by atoms with E-state index >= 15 is 0 Å². The third kappa shape index (κ3) is 2.17. The molecule has 0 fully saturated rings. The highest BCUT2D eigenvalue weighted by molar-refractivity contribution is 6.05. The Morgan fingerprint density at radius 3 is 2.67 bits per heavy atom. The van der Waals surface area contributed by atoms with Crippen LogP contribution >= 0.6 is 0 Å². The van der Waals surface area contributed by atoms with Crippen LogP contribution in [0.15, 0.2) is 18.5 Å². The van der Waals surface area contributed by atoms with Gasteiger partial charge in [-0.2, -0.15) is 5.10 Å². The SMILES string of the molecule is CC(=O)c1cc(C(=O)Nc2[nH]ncc2C)n(C)c1. The highest BCUT2D eigenvalue weighted by Gasteiger charge is 2.15. The van der Waals surface area contributed by atoms with E-state index in [9.17, 15) is 9.59 Å². The number of carbonyl (C=O) groups excluding carboxylic acids is 2. The highest BCUT2D eigenvalue weighted by Crippen LogP contribution is 2.13. The van der Waals surface area contributed by atoms with Gasteiger partial charge in [-0.1, -0.05) is 0 Å². The minimum absolute atomic E-state index is 0.0672. The fraction of sp³-hybridized carbons (Fsp3) is 0.250. The van der Waals surface area contributed by atoms with Crippen LogP contribution in [0, 0.1) is 6.92 Å². The van der Waals surface area contributed by atoms with Crippen LogP contribution in [0.1, 0.15) is 33.3 Å². The summed E-state index contributed by atoms with van der Waals surface area (Å²) in [6.45, 7) is 3.31. The second-order valence-corrected chi connectivity index (χ2v) is 4.16. The first kappa shape index (κ1) is 12.1. The predicted octanol–water partition coefficient (Wildman–Crippen LogP) is 1.51. The van der Waals surface area contributed by atoms with Crippen molar-refractivity contribution in [3.63, 3.8) is 0 Å². The summed E-state index contributed by atoms with van der Waals surface area (Å²) in [6, 6.07) is 1.57. The van der Waals surface area contributed by atoms with E-state index in [1.54, 1.807) is 30.1 Å². The molecular formula is C12H14N4O2. The van der Waals surface area contributed by atoms with Gasteiger partial charge in [0, 0.05) is 24.4 Å². The van der Waals surface area contributed by atoms with Crippen molar-refractivity contribution in [2.45, 2.75) is 13.8 Å². The third-order valence-electron chi connectivity index (χ3n) is 2.71. The number of aromatic nitrogens is 3. The molecule has 0 aromatic carbocycles. The number of H-pyrrole nitrogens is 1. The van der Waals surface area contributed by atoms with Gasteiger partial charge in [-0.15, -0.1) is 0 Å². The number of hydrogen-bond donors (Lipinski definition) is 2. The van der Waals surface area contributed by atoms with Crippen LogP contribution in [0.4, 0.5) is 5.82 Å². The van der Waals surface area contributed by atoms with Gasteiger partial charge < -0.3 is 9.88 Å². The molecular weight excluding hydrogens is 232 g/mol. The Kier molecular flexibility index (Phi) is 3.01. The molecule has 2 aromatic heterocycles. The summed E-state index contributed by atoms with van der Waals surface area (Å²) in [5.74, 6) is 0.213. The molecule has 2 heterocycles. The summed E-state index contributed by atoms with van der Waals surface area (Å²) in [4.78, 5) is 23.3. The zero-order chi connectivity index (χ0) is 13.3. The normalized spacial score (nSPS) is 10.4. The number of aryl methyl sites for hydroxylation is 2. The van der Waals surface area contributed by atoms with E-state index in [1.807, 2.05) is 6.92 Å². The molecule has 0 saturated carbocycles. The Bertz CT molecular complexity index is 609. The molecule has 2 aromatic rings. The molecule has 0 bridgehead atoms. The molecule has 2 rings (SSSR count). The number of aromatic amines is 1. The average molecular weight is 246 g/mol. The summed E-state index contributed by atoms with van der Waals surface area (Å²) in [5.41, 5.74) is 1.79. The fourth-order valence-electron chi connectivity index (χ4n) is 1.63. The highest BCUT2D eigenvalue weighted by atomic mass is 16.2. The maximum absolute atomic E-state index is 12.0. The van der Waals surface area contributed by atoms with Crippen molar-refractivity contribution in [3.8, 4) is 0 Å². The number of amides is 1. The monoisotopic (exact) mass is 246 g/mol. The zero-order valence-electron chi connectivity index (χ0n) is 10.4. The van der Waals surface area contributed by atoms with E-state index in [1.165, 1.54) is 6.92 Å². The smallest absolute Gasteiger partial charge is 0.273 e. The molecule has 1 amide bonds. The number of nitrogens with zero attached hydrogens (tertiary/aromatic N) is 2. The van der Waals surface area contributed by atoms with E-state index in [0.717, 1.165) is 5.56 Å². The van der Waals surface area contributed by atoms with Gasteiger partial charge in [-0.25, -0.2) is 0 Å². The van der Waals surface area contributed by atoms with Gasteiger partial charge in [0.15, 0.2) is 5.78 Å². The molecule has 18 heavy (non-hydrogen) atoms. The lowest BCUT2D eigenvalue weighted by Crippen LogP contribution is -2.16. The molecule has 6 heteroatoms. The maximum atomic E-state index is 12.0. The average Bonchev–Trinajstić information content (AvgIpc) is 2.86. The summed E-state index contributed by atoms with van der Waals surface area (Å²) in [7, 11) is 1.72. The lowest BCUT2D eigenvalue weighted by atomic mass is 10.2. The molecule has 0 aliphatic carbocycles. The van der Waals surface area contributed by atoms with Crippen molar-refractivity contribution in [1.82, 2.24) is 14.8 Å². The van der Waals surface area contributed by atoms with E-state index in [0.29, 0.717) is 17.1 Å². The van der Waals surface area contributed by atoms with Crippen LogP contribution in [0.3, 0.4) is 0 Å². The minimum atomic E-state index is -0.280. The summed E-state index contributed by atoms with van der Waals surface area (Å²) in [6.07, 6.45) is 3.26. The van der Waals surface area contributed by atoms with Gasteiger partial charge in [0.05, 0.1) is 6.20 Å². The van der Waals surface area contributed by atoms with E-state index in [-0.39, 0.29) is 11.7 Å². The van der Waals surface area contributed by atoms with Crippen LogP contribution in [0.5, 0.6) is 0 Å². The van der Waals surface area contributed by atoms with Gasteiger partial charge in [0.25, 0.3) is 5.91 Å². The Morgan fingerprint density at radius 2 is 2.17 bits per heavy atom. The third-order valence-corrected chi connectivity index (χ3v) is 2.71. The first-order valence-electron chi connectivity index (χ1n) is 5.47. The Labute approximate surface area is 104 Å². The maximum Gasteiger partial charge on any atom is 0.273 e.